The molecule has 3 saturated heterocycles. The molecule has 5 aliphatic rings. The summed E-state index contributed by atoms with van der Waals surface area (Å²) in [6, 6.07) is 4.54. The van der Waals surface area contributed by atoms with E-state index in [1.54, 1.807) is 12.1 Å². The van der Waals surface area contributed by atoms with Gasteiger partial charge >= 0.3 is 0 Å². The third-order valence-corrected chi connectivity index (χ3v) is 12.0. The van der Waals surface area contributed by atoms with E-state index in [-0.39, 0.29) is 64.8 Å². The highest BCUT2D eigenvalue weighted by Gasteiger charge is 2.54. The molecule has 0 radical (unpaired) electrons. The molecule has 0 bridgehead atoms. The number of aromatic hydroxyl groups is 2. The average Bonchev–Trinajstić information content (AvgIpc) is 3.24. The molecule has 1 aromatic rings. The number of rotatable bonds is 4. The lowest BCUT2D eigenvalue weighted by molar-refractivity contribution is -0.356. The van der Waals surface area contributed by atoms with Gasteiger partial charge in [-0.2, -0.15) is 0 Å². The molecule has 1 amide bonds. The number of benzene rings is 1. The molecule has 4 fully saturated rings. The molecule has 13 atom stereocenters. The van der Waals surface area contributed by atoms with E-state index in [1.807, 2.05) is 13.8 Å². The normalized spacial score (nSPS) is 44.0. The summed E-state index contributed by atoms with van der Waals surface area (Å²) >= 11 is 0. The zero-order valence-corrected chi connectivity index (χ0v) is 27.3. The minimum Gasteiger partial charge on any atom is -0.511 e. The number of hydrogen-bond acceptors (Lipinski definition) is 9. The number of hydrogen-bond donors (Lipinski definition) is 6. The lowest BCUT2D eigenvalue weighted by Gasteiger charge is -2.54. The van der Waals surface area contributed by atoms with Crippen molar-refractivity contribution in [2.45, 2.75) is 103 Å². The van der Waals surface area contributed by atoms with Crippen LogP contribution in [0.15, 0.2) is 41.2 Å². The number of allylic oxidation sites excluding steroid dienone is 3. The zero-order valence-electron chi connectivity index (χ0n) is 27.3. The molecular formula is C36H49NO9. The lowest BCUT2D eigenvalue weighted by atomic mass is 9.56. The van der Waals surface area contributed by atoms with Crippen LogP contribution in [0.4, 0.5) is 0 Å². The maximum atomic E-state index is 12.9. The fourth-order valence-electron chi connectivity index (χ4n) is 9.40. The zero-order chi connectivity index (χ0) is 33.2. The first-order valence-electron chi connectivity index (χ1n) is 16.9. The van der Waals surface area contributed by atoms with E-state index >= 15 is 0 Å². The number of nitrogens with one attached hydrogen (secondary N) is 1. The molecule has 1 spiro atoms. The van der Waals surface area contributed by atoms with Crippen molar-refractivity contribution in [2.75, 3.05) is 0 Å². The molecule has 10 nitrogen and oxygen atoms in total. The highest BCUT2D eigenvalue weighted by molar-refractivity contribution is 6.26. The second-order valence-corrected chi connectivity index (χ2v) is 14.9. The summed E-state index contributed by atoms with van der Waals surface area (Å²) < 4.78 is 13.9. The Labute approximate surface area is 270 Å². The van der Waals surface area contributed by atoms with Crippen LogP contribution in [0.3, 0.4) is 0 Å². The van der Waals surface area contributed by atoms with Crippen molar-refractivity contribution in [1.29, 1.82) is 0 Å². The van der Waals surface area contributed by atoms with Gasteiger partial charge in [-0.3, -0.25) is 9.59 Å². The van der Waals surface area contributed by atoms with Crippen LogP contribution >= 0.6 is 0 Å². The number of fused-ring (bicyclic) bond motifs is 1. The molecule has 6 N–H and O–H groups in total. The maximum absolute atomic E-state index is 12.9. The number of carbonyl (C=O) groups excluding carboxylic acids is 2. The van der Waals surface area contributed by atoms with Gasteiger partial charge in [-0.25, -0.2) is 0 Å². The van der Waals surface area contributed by atoms with Crippen molar-refractivity contribution in [3.8, 4) is 11.5 Å². The predicted octanol–water partition coefficient (Wildman–Crippen LogP) is 4.78. The topological polar surface area (TPSA) is 166 Å². The molecule has 0 aromatic heterocycles. The second-order valence-electron chi connectivity index (χ2n) is 14.9. The van der Waals surface area contributed by atoms with Gasteiger partial charge in [-0.05, 0) is 92.2 Å². The van der Waals surface area contributed by atoms with Crippen molar-refractivity contribution in [3.63, 3.8) is 0 Å². The summed E-state index contributed by atoms with van der Waals surface area (Å²) in [5, 5.41) is 55.5. The van der Waals surface area contributed by atoms with E-state index in [4.69, 9.17) is 9.47 Å². The van der Waals surface area contributed by atoms with Crippen molar-refractivity contribution in [3.05, 3.63) is 46.7 Å². The summed E-state index contributed by atoms with van der Waals surface area (Å²) in [5.41, 5.74) is 1.34. The standard InChI is InChI=1S/C36H49NO9/c1-16-8-9-36(46-33(16)22-12-23(38)14-24(39)13-22)19(4)10-18(3)27(45-36)15-25-17(2)11-21-6-7-26(40)20(5)28(21)29(25)31(41)30-32(42)35(44)37-34(30)43/h11-14,16,18-21,25-29,33,35,38-41,44H,6-10,15H2,1-5H3,(H,37,43)/t16-,18-,19-,20-,21-,25+,26+,27+,28-,29-,33-,35+,36+/m0/s1. The van der Waals surface area contributed by atoms with Gasteiger partial charge in [0.05, 0.1) is 18.3 Å². The van der Waals surface area contributed by atoms with E-state index in [2.05, 4.69) is 32.2 Å². The Morgan fingerprint density at radius 2 is 1.67 bits per heavy atom. The van der Waals surface area contributed by atoms with E-state index in [1.165, 1.54) is 6.07 Å². The first kappa shape index (κ1) is 33.0. The number of amides is 1. The van der Waals surface area contributed by atoms with Crippen molar-refractivity contribution >= 4 is 11.7 Å². The molecular weight excluding hydrogens is 590 g/mol. The van der Waals surface area contributed by atoms with Crippen LogP contribution in [0.2, 0.25) is 0 Å². The van der Waals surface area contributed by atoms with Crippen LogP contribution in [0.1, 0.15) is 84.8 Å². The molecule has 10 heteroatoms. The summed E-state index contributed by atoms with van der Waals surface area (Å²) in [6.07, 6.45) is 3.50. The van der Waals surface area contributed by atoms with Gasteiger partial charge in [0.15, 0.2) is 12.0 Å². The van der Waals surface area contributed by atoms with E-state index < -0.39 is 47.4 Å². The van der Waals surface area contributed by atoms with Crippen LogP contribution in [0, 0.1) is 47.3 Å². The highest BCUT2D eigenvalue weighted by atomic mass is 16.7. The Morgan fingerprint density at radius 1 is 0.978 bits per heavy atom. The Hall–Kier alpha value is -2.92. The summed E-state index contributed by atoms with van der Waals surface area (Å²) in [7, 11) is 0. The molecule has 3 heterocycles. The number of aliphatic hydroxyl groups excluding tert-OH is 3. The van der Waals surface area contributed by atoms with Gasteiger partial charge in [-0.15, -0.1) is 0 Å². The van der Waals surface area contributed by atoms with Gasteiger partial charge < -0.3 is 40.3 Å². The molecule has 0 unspecified atom stereocenters. The Kier molecular flexibility index (Phi) is 8.80. The lowest BCUT2D eigenvalue weighted by Crippen LogP contribution is -2.55. The van der Waals surface area contributed by atoms with Crippen LogP contribution in [-0.4, -0.2) is 61.4 Å². The molecule has 6 rings (SSSR count). The molecule has 3 aliphatic heterocycles. The number of ketones is 1. The minimum absolute atomic E-state index is 0.0311. The SMILES string of the molecule is CC1=C[C@@H]2CC[C@@H](O)[C@H](C)[C@@H]2[C@@H](C(O)=C2C(=O)N[C@H](O)C2=O)[C@@H]1C[C@H]1O[C@@]2(CC[C@H](C)[C@@H](c3cc(O)cc(O)c3)O2)[C@@H](C)C[C@@H]1C. The number of ether oxygens (including phenoxy) is 2. The Balaban J connectivity index is 1.35. The van der Waals surface area contributed by atoms with Gasteiger partial charge in [0.25, 0.3) is 5.91 Å². The van der Waals surface area contributed by atoms with Crippen LogP contribution in [-0.2, 0) is 19.1 Å². The quantitative estimate of drug-likeness (QED) is 0.118. The number of carbonyl (C=O) groups is 2. The monoisotopic (exact) mass is 639 g/mol. The van der Waals surface area contributed by atoms with Crippen LogP contribution in [0.25, 0.3) is 0 Å². The van der Waals surface area contributed by atoms with Crippen molar-refractivity contribution < 1.29 is 44.6 Å². The van der Waals surface area contributed by atoms with Gasteiger partial charge in [0.1, 0.15) is 22.8 Å². The molecule has 252 valence electrons. The first-order valence-corrected chi connectivity index (χ1v) is 16.9. The Bertz CT molecular complexity index is 1420. The Morgan fingerprint density at radius 3 is 2.33 bits per heavy atom. The third-order valence-electron chi connectivity index (χ3n) is 12.0. The molecule has 1 saturated carbocycles. The fraction of sp³-hybridized carbons (Fsp3) is 0.667. The third kappa shape index (κ3) is 5.65. The van der Waals surface area contributed by atoms with E-state index in [0.717, 1.165) is 24.8 Å². The van der Waals surface area contributed by atoms with E-state index in [0.29, 0.717) is 24.8 Å². The number of Topliss-reactive ketones (excluding diaryl/α,β-unsaturated/α-hetero) is 1. The highest BCUT2D eigenvalue weighted by Crippen LogP contribution is 2.55. The largest absolute Gasteiger partial charge is 0.511 e. The van der Waals surface area contributed by atoms with Crippen LogP contribution < -0.4 is 5.32 Å². The maximum Gasteiger partial charge on any atom is 0.260 e. The second kappa shape index (κ2) is 12.3. The summed E-state index contributed by atoms with van der Waals surface area (Å²) in [5.74, 6) is -3.85. The smallest absolute Gasteiger partial charge is 0.260 e. The number of phenolic OH excluding ortho intramolecular Hbond substituents is 2. The molecule has 46 heavy (non-hydrogen) atoms. The molecule has 1 aromatic carbocycles. The summed E-state index contributed by atoms with van der Waals surface area (Å²) in [6.45, 7) is 10.4. The van der Waals surface area contributed by atoms with Gasteiger partial charge in [-0.1, -0.05) is 39.3 Å². The first-order chi connectivity index (χ1) is 21.7. The average molecular weight is 640 g/mol. The van der Waals surface area contributed by atoms with E-state index in [9.17, 15) is 35.1 Å². The van der Waals surface area contributed by atoms with Crippen molar-refractivity contribution in [2.24, 2.45) is 47.3 Å². The number of aliphatic hydroxyl groups is 3. The molecule has 2 aliphatic carbocycles. The number of phenols is 2. The predicted molar refractivity (Wildman–Crippen MR) is 168 cm³/mol. The summed E-state index contributed by atoms with van der Waals surface area (Å²) in [4.78, 5) is 25.7. The van der Waals surface area contributed by atoms with Gasteiger partial charge in [0, 0.05) is 24.3 Å². The van der Waals surface area contributed by atoms with Crippen molar-refractivity contribution in [1.82, 2.24) is 5.32 Å². The van der Waals surface area contributed by atoms with Crippen LogP contribution in [0.5, 0.6) is 11.5 Å². The van der Waals surface area contributed by atoms with Gasteiger partial charge in [0.2, 0.25) is 5.78 Å². The minimum atomic E-state index is -1.69. The fourth-order valence-corrected chi connectivity index (χ4v) is 9.40.